The van der Waals surface area contributed by atoms with Crippen LogP contribution < -0.4 is 15.2 Å². The van der Waals surface area contributed by atoms with Crippen LogP contribution in [-0.4, -0.2) is 41.1 Å². The average Bonchev–Trinajstić information content (AvgIpc) is 2.78. The van der Waals surface area contributed by atoms with Crippen molar-refractivity contribution in [3.05, 3.63) is 23.8 Å². The van der Waals surface area contributed by atoms with E-state index in [1.54, 1.807) is 19.9 Å². The number of carbonyl (C=O) groups is 4. The Morgan fingerprint density at radius 3 is 1.79 bits per heavy atom. The molecular weight excluding hydrogens is 490 g/mol. The van der Waals surface area contributed by atoms with E-state index >= 15 is 0 Å². The third-order valence-electron chi connectivity index (χ3n) is 6.17. The van der Waals surface area contributed by atoms with Gasteiger partial charge in [-0.2, -0.15) is 0 Å². The van der Waals surface area contributed by atoms with Gasteiger partial charge in [-0.15, -0.1) is 0 Å². The summed E-state index contributed by atoms with van der Waals surface area (Å²) in [6.45, 7) is 15.0. The number of hydrogen-bond acceptors (Lipinski definition) is 8. The number of rotatable bonds is 15. The summed E-state index contributed by atoms with van der Waals surface area (Å²) in [5.74, 6) is -3.39. The number of aliphatic carboxylic acids is 1. The first-order chi connectivity index (χ1) is 17.6. The zero-order valence-electron chi connectivity index (χ0n) is 24.0. The van der Waals surface area contributed by atoms with Crippen LogP contribution in [0.5, 0.6) is 11.5 Å². The molecule has 0 heterocycles. The van der Waals surface area contributed by atoms with E-state index in [0.717, 1.165) is 0 Å². The summed E-state index contributed by atoms with van der Waals surface area (Å²) in [6, 6.07) is 3.21. The Balaban J connectivity index is 3.39. The second kappa shape index (κ2) is 15.5. The van der Waals surface area contributed by atoms with Crippen LogP contribution in [0.3, 0.4) is 0 Å². The second-order valence-electron chi connectivity index (χ2n) is 11.2. The first kappa shape index (κ1) is 33.1. The van der Waals surface area contributed by atoms with Crippen LogP contribution in [0.2, 0.25) is 0 Å². The van der Waals surface area contributed by atoms with Gasteiger partial charge in [0.05, 0.1) is 0 Å². The van der Waals surface area contributed by atoms with Crippen LogP contribution in [-0.2, 0) is 23.9 Å². The van der Waals surface area contributed by atoms with Crippen LogP contribution in [0.15, 0.2) is 18.2 Å². The molecule has 0 saturated carbocycles. The molecule has 0 fully saturated rings. The van der Waals surface area contributed by atoms with Crippen LogP contribution >= 0.6 is 0 Å². The number of carboxylic acid groups (broad SMARTS) is 1. The lowest BCUT2D eigenvalue weighted by molar-refractivity contribution is -0.151. The van der Waals surface area contributed by atoms with E-state index < -0.39 is 41.9 Å². The minimum atomic E-state index is -1.34. The highest BCUT2D eigenvalue weighted by atomic mass is 16.6. The Hall–Kier alpha value is -2.94. The summed E-state index contributed by atoms with van der Waals surface area (Å²) in [5, 5.41) is 9.76. The number of nitrogens with two attached hydrogens (primary N) is 1. The molecule has 1 rings (SSSR count). The molecule has 0 aromatic heterocycles. The van der Waals surface area contributed by atoms with Crippen molar-refractivity contribution in [1.82, 2.24) is 0 Å². The van der Waals surface area contributed by atoms with Gasteiger partial charge in [-0.25, -0.2) is 0 Å². The number of carboxylic acids is 1. The Bertz CT molecular complexity index is 956. The molecule has 0 saturated heterocycles. The maximum absolute atomic E-state index is 12.5. The van der Waals surface area contributed by atoms with Crippen molar-refractivity contribution in [3.8, 4) is 11.5 Å². The van der Waals surface area contributed by atoms with Crippen LogP contribution in [0.4, 0.5) is 0 Å². The molecule has 3 unspecified atom stereocenters. The van der Waals surface area contributed by atoms with Crippen molar-refractivity contribution in [3.63, 3.8) is 0 Å². The van der Waals surface area contributed by atoms with Crippen molar-refractivity contribution in [2.24, 2.45) is 29.4 Å². The number of esters is 3. The lowest BCUT2D eigenvalue weighted by Gasteiger charge is -2.32. The van der Waals surface area contributed by atoms with Gasteiger partial charge in [0.1, 0.15) is 12.1 Å². The molecule has 0 amide bonds. The van der Waals surface area contributed by atoms with Gasteiger partial charge in [-0.3, -0.25) is 19.2 Å². The minimum absolute atomic E-state index is 0.00151. The number of carbonyl (C=O) groups excluding carboxylic acids is 3. The van der Waals surface area contributed by atoms with E-state index in [1.165, 1.54) is 12.1 Å². The zero-order valence-corrected chi connectivity index (χ0v) is 24.0. The molecule has 4 atom stereocenters. The van der Waals surface area contributed by atoms with Gasteiger partial charge in [0.15, 0.2) is 11.5 Å². The quantitative estimate of drug-likeness (QED) is 0.232. The topological polar surface area (TPSA) is 142 Å². The molecule has 0 aliphatic heterocycles. The summed E-state index contributed by atoms with van der Waals surface area (Å²) >= 11 is 0. The molecule has 0 aliphatic carbocycles. The number of benzene rings is 1. The summed E-state index contributed by atoms with van der Waals surface area (Å²) in [7, 11) is 0. The Labute approximate surface area is 226 Å². The summed E-state index contributed by atoms with van der Waals surface area (Å²) in [4.78, 5) is 49.1. The molecule has 1 aromatic rings. The van der Waals surface area contributed by atoms with Crippen molar-refractivity contribution in [2.75, 3.05) is 0 Å². The van der Waals surface area contributed by atoms with E-state index in [-0.39, 0.29) is 48.6 Å². The molecule has 0 spiro atoms. The molecule has 1 aromatic carbocycles. The highest BCUT2D eigenvalue weighted by Crippen LogP contribution is 2.37. The first-order valence-electron chi connectivity index (χ1n) is 13.3. The Morgan fingerprint density at radius 1 is 0.789 bits per heavy atom. The predicted octanol–water partition coefficient (Wildman–Crippen LogP) is 5.09. The highest BCUT2D eigenvalue weighted by molar-refractivity contribution is 5.77. The minimum Gasteiger partial charge on any atom is -0.480 e. The van der Waals surface area contributed by atoms with Gasteiger partial charge < -0.3 is 25.1 Å². The fraction of sp³-hybridized carbons (Fsp3) is 0.655. The molecule has 0 aliphatic rings. The van der Waals surface area contributed by atoms with Crippen molar-refractivity contribution < 1.29 is 38.5 Å². The van der Waals surface area contributed by atoms with Gasteiger partial charge >= 0.3 is 23.9 Å². The van der Waals surface area contributed by atoms with Crippen LogP contribution in [0.1, 0.15) is 92.6 Å². The summed E-state index contributed by atoms with van der Waals surface area (Å²) < 4.78 is 16.6. The molecule has 0 bridgehead atoms. The van der Waals surface area contributed by atoms with Gasteiger partial charge in [0, 0.05) is 31.1 Å². The average molecular weight is 536 g/mol. The van der Waals surface area contributed by atoms with Crippen molar-refractivity contribution >= 4 is 23.9 Å². The van der Waals surface area contributed by atoms with Crippen LogP contribution in [0.25, 0.3) is 0 Å². The van der Waals surface area contributed by atoms with E-state index in [4.69, 9.17) is 19.9 Å². The third-order valence-corrected chi connectivity index (χ3v) is 6.17. The maximum Gasteiger partial charge on any atom is 0.321 e. The lowest BCUT2D eigenvalue weighted by Crippen LogP contribution is -2.42. The standard InChI is InChI=1S/C29H45NO8/c1-16(2)9-12-24(31)36-20(8)19(7)27(28(30)29(34)35)21-10-11-22(37-25(32)13-17(3)4)23(15-21)38-26(33)14-18(5)6/h10-11,15-20,27-28H,9,12-14,30H2,1-8H3,(H,34,35)/t19?,20?,27?,28-/m0/s1. The van der Waals surface area contributed by atoms with Gasteiger partial charge in [0.2, 0.25) is 0 Å². The van der Waals surface area contributed by atoms with Crippen molar-refractivity contribution in [1.29, 1.82) is 0 Å². The van der Waals surface area contributed by atoms with E-state index in [9.17, 15) is 24.3 Å². The fourth-order valence-electron chi connectivity index (χ4n) is 3.95. The lowest BCUT2D eigenvalue weighted by atomic mass is 9.79. The largest absolute Gasteiger partial charge is 0.480 e. The van der Waals surface area contributed by atoms with Gasteiger partial charge in [0.25, 0.3) is 0 Å². The normalized spacial score (nSPS) is 14.6. The van der Waals surface area contributed by atoms with Gasteiger partial charge in [-0.1, -0.05) is 54.5 Å². The smallest absolute Gasteiger partial charge is 0.321 e. The Kier molecular flexibility index (Phi) is 13.5. The highest BCUT2D eigenvalue weighted by Gasteiger charge is 2.36. The molecule has 0 radical (unpaired) electrons. The molecule has 9 nitrogen and oxygen atoms in total. The summed E-state index contributed by atoms with van der Waals surface area (Å²) in [5.41, 5.74) is 6.57. The zero-order chi connectivity index (χ0) is 29.2. The van der Waals surface area contributed by atoms with Crippen molar-refractivity contribution in [2.45, 2.75) is 99.1 Å². The van der Waals surface area contributed by atoms with E-state index in [1.807, 2.05) is 41.5 Å². The monoisotopic (exact) mass is 535 g/mol. The summed E-state index contributed by atoms with van der Waals surface area (Å²) in [6.07, 6.45) is 0.614. The predicted molar refractivity (Wildman–Crippen MR) is 144 cm³/mol. The molecule has 38 heavy (non-hydrogen) atoms. The molecule has 214 valence electrons. The number of ether oxygens (including phenoxy) is 3. The second-order valence-corrected chi connectivity index (χ2v) is 11.2. The SMILES string of the molecule is CC(C)CCC(=O)OC(C)C(C)C(c1ccc(OC(=O)CC(C)C)c(OC(=O)CC(C)C)c1)[C@H](N)C(=O)O. The first-order valence-corrected chi connectivity index (χ1v) is 13.3. The Morgan fingerprint density at radius 2 is 1.32 bits per heavy atom. The third kappa shape index (κ3) is 11.2. The van der Waals surface area contributed by atoms with Crippen LogP contribution in [0, 0.1) is 23.7 Å². The van der Waals surface area contributed by atoms with E-state index in [0.29, 0.717) is 17.9 Å². The number of hydrogen-bond donors (Lipinski definition) is 2. The molecular formula is C29H45NO8. The van der Waals surface area contributed by atoms with Gasteiger partial charge in [-0.05, 0) is 48.8 Å². The maximum atomic E-state index is 12.5. The molecule has 3 N–H and O–H groups in total. The fourth-order valence-corrected chi connectivity index (χ4v) is 3.95. The van der Waals surface area contributed by atoms with E-state index in [2.05, 4.69) is 0 Å². The molecule has 9 heteroatoms.